The normalized spacial score (nSPS) is 13.9. The van der Waals surface area contributed by atoms with E-state index in [1.165, 1.54) is 19.1 Å². The summed E-state index contributed by atoms with van der Waals surface area (Å²) in [5.74, 6) is -0.800. The van der Waals surface area contributed by atoms with Crippen molar-refractivity contribution in [1.29, 1.82) is 0 Å². The molecule has 1 atom stereocenters. The van der Waals surface area contributed by atoms with E-state index in [0.29, 0.717) is 0 Å². The van der Waals surface area contributed by atoms with Crippen LogP contribution >= 0.6 is 0 Å². The van der Waals surface area contributed by atoms with Crippen LogP contribution in [0.25, 0.3) is 0 Å². The lowest BCUT2D eigenvalue weighted by atomic mass is 10.0. The van der Waals surface area contributed by atoms with E-state index in [4.69, 9.17) is 5.11 Å². The minimum atomic E-state index is -4.57. The smallest absolute Gasteiger partial charge is 0.419 e. The molecule has 1 aromatic carbocycles. The zero-order valence-corrected chi connectivity index (χ0v) is 8.04. The molecule has 0 saturated carbocycles. The second kappa shape index (κ2) is 4.10. The maximum absolute atomic E-state index is 12.3. The third kappa shape index (κ3) is 2.86. The molecule has 15 heavy (non-hydrogen) atoms. The highest BCUT2D eigenvalue weighted by molar-refractivity contribution is 5.42. The van der Waals surface area contributed by atoms with Gasteiger partial charge in [0.25, 0.3) is 0 Å². The Morgan fingerprint density at radius 1 is 1.33 bits per heavy atom. The molecular formula is C10H11F3O2. The maximum atomic E-state index is 12.3. The molecule has 0 saturated heterocycles. The highest BCUT2D eigenvalue weighted by atomic mass is 19.4. The van der Waals surface area contributed by atoms with Crippen LogP contribution in [0.1, 0.15) is 18.1 Å². The quantitative estimate of drug-likeness (QED) is 0.803. The van der Waals surface area contributed by atoms with Gasteiger partial charge in [0, 0.05) is 6.42 Å². The first kappa shape index (κ1) is 11.8. The first-order chi connectivity index (χ1) is 6.82. The van der Waals surface area contributed by atoms with Crippen LogP contribution in [-0.2, 0) is 12.6 Å². The lowest BCUT2D eigenvalue weighted by Crippen LogP contribution is -2.09. The average Bonchev–Trinajstić information content (AvgIpc) is 2.05. The molecule has 1 aromatic rings. The minimum Gasteiger partial charge on any atom is -0.507 e. The fourth-order valence-electron chi connectivity index (χ4n) is 1.30. The van der Waals surface area contributed by atoms with E-state index in [9.17, 15) is 18.3 Å². The molecule has 0 spiro atoms. The second-order valence-corrected chi connectivity index (χ2v) is 3.36. The van der Waals surface area contributed by atoms with E-state index < -0.39 is 23.6 Å². The van der Waals surface area contributed by atoms with E-state index in [1.807, 2.05) is 0 Å². The lowest BCUT2D eigenvalue weighted by Gasteiger charge is -2.13. The van der Waals surface area contributed by atoms with Gasteiger partial charge in [-0.25, -0.2) is 0 Å². The Balaban J connectivity index is 3.12. The SMILES string of the molecule is CC(O)Cc1cccc(C(F)(F)F)c1O. The molecule has 0 heterocycles. The van der Waals surface area contributed by atoms with Gasteiger partial charge >= 0.3 is 6.18 Å². The Kier molecular flexibility index (Phi) is 3.24. The van der Waals surface area contributed by atoms with Gasteiger partial charge in [0.1, 0.15) is 5.75 Å². The molecule has 0 radical (unpaired) electrons. The number of aromatic hydroxyl groups is 1. The van der Waals surface area contributed by atoms with Gasteiger partial charge in [0.15, 0.2) is 0 Å². The van der Waals surface area contributed by atoms with Crippen molar-refractivity contribution < 1.29 is 23.4 Å². The fraction of sp³-hybridized carbons (Fsp3) is 0.400. The molecule has 1 rings (SSSR count). The van der Waals surface area contributed by atoms with Crippen molar-refractivity contribution >= 4 is 0 Å². The van der Waals surface area contributed by atoms with E-state index in [-0.39, 0.29) is 12.0 Å². The number of halogens is 3. The number of alkyl halides is 3. The number of hydrogen-bond acceptors (Lipinski definition) is 2. The third-order valence-electron chi connectivity index (χ3n) is 1.94. The molecule has 0 amide bonds. The Bertz CT molecular complexity index is 345. The molecule has 2 N–H and O–H groups in total. The first-order valence-electron chi connectivity index (χ1n) is 4.38. The number of phenolic OH excluding ortho intramolecular Hbond substituents is 1. The summed E-state index contributed by atoms with van der Waals surface area (Å²) in [6, 6.07) is 3.37. The van der Waals surface area contributed by atoms with Gasteiger partial charge in [-0.3, -0.25) is 0 Å². The van der Waals surface area contributed by atoms with E-state index >= 15 is 0 Å². The first-order valence-corrected chi connectivity index (χ1v) is 4.38. The van der Waals surface area contributed by atoms with Gasteiger partial charge < -0.3 is 10.2 Å². The molecule has 5 heteroatoms. The second-order valence-electron chi connectivity index (χ2n) is 3.36. The molecule has 1 unspecified atom stereocenters. The van der Waals surface area contributed by atoms with Gasteiger partial charge in [-0.2, -0.15) is 13.2 Å². The zero-order chi connectivity index (χ0) is 11.6. The number of phenols is 1. The molecule has 84 valence electrons. The van der Waals surface area contributed by atoms with Gasteiger partial charge in [-0.15, -0.1) is 0 Å². The summed E-state index contributed by atoms with van der Waals surface area (Å²) in [4.78, 5) is 0. The molecular weight excluding hydrogens is 209 g/mol. The summed E-state index contributed by atoms with van der Waals surface area (Å²) in [5.41, 5.74) is -0.972. The fourth-order valence-corrected chi connectivity index (χ4v) is 1.30. The minimum absolute atomic E-state index is 0.00421. The van der Waals surface area contributed by atoms with Crippen LogP contribution in [0.4, 0.5) is 13.2 Å². The van der Waals surface area contributed by atoms with Crippen LogP contribution in [0.3, 0.4) is 0 Å². The van der Waals surface area contributed by atoms with E-state index in [1.54, 1.807) is 0 Å². The van der Waals surface area contributed by atoms with Crippen molar-refractivity contribution in [2.45, 2.75) is 25.6 Å². The Labute approximate surface area is 85.0 Å². The Morgan fingerprint density at radius 3 is 2.40 bits per heavy atom. The van der Waals surface area contributed by atoms with Crippen LogP contribution in [0.5, 0.6) is 5.75 Å². The van der Waals surface area contributed by atoms with Gasteiger partial charge in [0.05, 0.1) is 11.7 Å². The van der Waals surface area contributed by atoms with Crippen LogP contribution in [0.2, 0.25) is 0 Å². The molecule has 0 fully saturated rings. The lowest BCUT2D eigenvalue weighted by molar-refractivity contribution is -0.138. The number of aliphatic hydroxyl groups excluding tert-OH is 1. The predicted octanol–water partition coefficient (Wildman–Crippen LogP) is 2.33. The monoisotopic (exact) mass is 220 g/mol. The standard InChI is InChI=1S/C10H11F3O2/c1-6(14)5-7-3-2-4-8(9(7)15)10(11,12)13/h2-4,6,14-15H,5H2,1H3. The number of hydrogen-bond donors (Lipinski definition) is 2. The summed E-state index contributed by atoms with van der Waals surface area (Å²) < 4.78 is 37.0. The molecule has 0 aliphatic heterocycles. The summed E-state index contributed by atoms with van der Waals surface area (Å²) >= 11 is 0. The molecule has 0 bridgehead atoms. The predicted molar refractivity (Wildman–Crippen MR) is 48.5 cm³/mol. The number of rotatable bonds is 2. The molecule has 0 aliphatic rings. The Morgan fingerprint density at radius 2 is 1.93 bits per heavy atom. The summed E-state index contributed by atoms with van der Waals surface area (Å²) in [7, 11) is 0. The average molecular weight is 220 g/mol. The van der Waals surface area contributed by atoms with Crippen LogP contribution < -0.4 is 0 Å². The number of aliphatic hydroxyl groups is 1. The maximum Gasteiger partial charge on any atom is 0.419 e. The van der Waals surface area contributed by atoms with Crippen LogP contribution in [0, 0.1) is 0 Å². The van der Waals surface area contributed by atoms with Crippen molar-refractivity contribution in [3.05, 3.63) is 29.3 Å². The van der Waals surface area contributed by atoms with Gasteiger partial charge in [-0.1, -0.05) is 12.1 Å². The molecule has 2 nitrogen and oxygen atoms in total. The van der Waals surface area contributed by atoms with Gasteiger partial charge in [0.2, 0.25) is 0 Å². The number of benzene rings is 1. The van der Waals surface area contributed by atoms with Crippen molar-refractivity contribution in [2.75, 3.05) is 0 Å². The summed E-state index contributed by atoms with van der Waals surface area (Å²) in [5, 5.41) is 18.4. The van der Waals surface area contributed by atoms with Crippen molar-refractivity contribution in [2.24, 2.45) is 0 Å². The summed E-state index contributed by atoms with van der Waals surface area (Å²) in [6.07, 6.45) is -5.37. The van der Waals surface area contributed by atoms with Crippen LogP contribution in [-0.4, -0.2) is 16.3 Å². The third-order valence-corrected chi connectivity index (χ3v) is 1.94. The van der Waals surface area contributed by atoms with Crippen molar-refractivity contribution in [3.8, 4) is 5.75 Å². The molecule has 0 aliphatic carbocycles. The zero-order valence-electron chi connectivity index (χ0n) is 8.04. The van der Waals surface area contributed by atoms with E-state index in [2.05, 4.69) is 0 Å². The molecule has 0 aromatic heterocycles. The highest BCUT2D eigenvalue weighted by Gasteiger charge is 2.34. The van der Waals surface area contributed by atoms with Crippen molar-refractivity contribution in [1.82, 2.24) is 0 Å². The largest absolute Gasteiger partial charge is 0.507 e. The van der Waals surface area contributed by atoms with E-state index in [0.717, 1.165) is 6.07 Å². The highest BCUT2D eigenvalue weighted by Crippen LogP contribution is 2.37. The topological polar surface area (TPSA) is 40.5 Å². The summed E-state index contributed by atoms with van der Waals surface area (Å²) in [6.45, 7) is 1.44. The van der Waals surface area contributed by atoms with Crippen molar-refractivity contribution in [3.63, 3.8) is 0 Å². The van der Waals surface area contributed by atoms with Crippen LogP contribution in [0.15, 0.2) is 18.2 Å². The number of para-hydroxylation sites is 1. The van der Waals surface area contributed by atoms with Gasteiger partial charge in [-0.05, 0) is 18.6 Å². The Hall–Kier alpha value is -1.23.